The summed E-state index contributed by atoms with van der Waals surface area (Å²) in [5, 5.41) is 3.10. The van der Waals surface area contributed by atoms with Crippen molar-refractivity contribution in [2.75, 3.05) is 43.4 Å². The van der Waals surface area contributed by atoms with Crippen LogP contribution in [-0.2, 0) is 0 Å². The highest BCUT2D eigenvalue weighted by atomic mass is 15.3. The van der Waals surface area contributed by atoms with Gasteiger partial charge in [-0.05, 0) is 31.6 Å². The lowest BCUT2D eigenvalue weighted by atomic mass is 10.2. The molecule has 1 aliphatic heterocycles. The van der Waals surface area contributed by atoms with Gasteiger partial charge in [0, 0.05) is 26.2 Å². The van der Waals surface area contributed by atoms with Gasteiger partial charge in [0.05, 0.1) is 0 Å². The molecule has 1 aromatic rings. The molecular weight excluding hydrogens is 224 g/mol. The minimum atomic E-state index is 0.681. The molecule has 0 amide bonds. The van der Waals surface area contributed by atoms with Crippen molar-refractivity contribution in [1.29, 1.82) is 0 Å². The van der Waals surface area contributed by atoms with Crippen molar-refractivity contribution in [3.63, 3.8) is 0 Å². The Hall–Kier alpha value is -1.29. The number of nitrogens with zero attached hydrogens (tertiary/aromatic N) is 3. The first-order valence-corrected chi connectivity index (χ1v) is 6.92. The second-order valence-electron chi connectivity index (χ2n) is 4.74. The number of nitrogens with one attached hydrogen (secondary N) is 1. The van der Waals surface area contributed by atoms with Crippen molar-refractivity contribution >= 4 is 11.6 Å². The zero-order valence-corrected chi connectivity index (χ0v) is 11.7. The molecular formula is C14H24N4. The molecule has 1 saturated heterocycles. The van der Waals surface area contributed by atoms with E-state index >= 15 is 0 Å². The van der Waals surface area contributed by atoms with Gasteiger partial charge in [-0.2, -0.15) is 0 Å². The van der Waals surface area contributed by atoms with E-state index in [1.165, 1.54) is 6.42 Å². The van der Waals surface area contributed by atoms with E-state index < -0.39 is 0 Å². The van der Waals surface area contributed by atoms with Gasteiger partial charge in [-0.25, -0.2) is 4.98 Å². The fourth-order valence-electron chi connectivity index (χ4n) is 2.73. The SMILES string of the molecule is CCN(CC)C1CCN(c2cccc(NC)n2)C1. The summed E-state index contributed by atoms with van der Waals surface area (Å²) in [7, 11) is 1.91. The Kier molecular flexibility index (Phi) is 4.42. The van der Waals surface area contributed by atoms with Crippen LogP contribution in [0.4, 0.5) is 11.6 Å². The van der Waals surface area contributed by atoms with E-state index in [4.69, 9.17) is 0 Å². The molecule has 0 spiro atoms. The lowest BCUT2D eigenvalue weighted by molar-refractivity contribution is 0.232. The van der Waals surface area contributed by atoms with Gasteiger partial charge in [-0.1, -0.05) is 19.9 Å². The number of rotatable bonds is 5. The van der Waals surface area contributed by atoms with Crippen molar-refractivity contribution in [2.45, 2.75) is 26.3 Å². The Labute approximate surface area is 110 Å². The molecule has 1 aliphatic rings. The van der Waals surface area contributed by atoms with E-state index in [1.807, 2.05) is 13.1 Å². The molecule has 0 radical (unpaired) electrons. The Morgan fingerprint density at radius 2 is 2.17 bits per heavy atom. The molecule has 1 fully saturated rings. The van der Waals surface area contributed by atoms with Gasteiger partial charge in [-0.15, -0.1) is 0 Å². The average molecular weight is 248 g/mol. The molecule has 1 aromatic heterocycles. The van der Waals surface area contributed by atoms with E-state index in [-0.39, 0.29) is 0 Å². The van der Waals surface area contributed by atoms with Gasteiger partial charge in [0.25, 0.3) is 0 Å². The summed E-state index contributed by atoms with van der Waals surface area (Å²) in [6.45, 7) is 8.97. The molecule has 0 aliphatic carbocycles. The summed E-state index contributed by atoms with van der Waals surface area (Å²) < 4.78 is 0. The van der Waals surface area contributed by atoms with Crippen LogP contribution in [0, 0.1) is 0 Å². The van der Waals surface area contributed by atoms with Crippen LogP contribution >= 0.6 is 0 Å². The minimum Gasteiger partial charge on any atom is -0.373 e. The molecule has 0 saturated carbocycles. The second-order valence-corrected chi connectivity index (χ2v) is 4.74. The predicted molar refractivity (Wildman–Crippen MR) is 77.3 cm³/mol. The number of hydrogen-bond donors (Lipinski definition) is 1. The third kappa shape index (κ3) is 2.75. The number of hydrogen-bond acceptors (Lipinski definition) is 4. The molecule has 2 rings (SSSR count). The third-order valence-electron chi connectivity index (χ3n) is 3.81. The normalized spacial score (nSPS) is 19.6. The summed E-state index contributed by atoms with van der Waals surface area (Å²) in [4.78, 5) is 9.55. The standard InChI is InChI=1S/C14H24N4/c1-4-17(5-2)12-9-10-18(11-12)14-8-6-7-13(15-3)16-14/h6-8,12H,4-5,9-11H2,1-3H3,(H,15,16). The summed E-state index contributed by atoms with van der Waals surface area (Å²) in [6.07, 6.45) is 1.24. The number of anilines is 2. The summed E-state index contributed by atoms with van der Waals surface area (Å²) >= 11 is 0. The lowest BCUT2D eigenvalue weighted by Crippen LogP contribution is -2.37. The average Bonchev–Trinajstić information content (AvgIpc) is 2.90. The lowest BCUT2D eigenvalue weighted by Gasteiger charge is -2.26. The van der Waals surface area contributed by atoms with E-state index in [2.05, 4.69) is 46.1 Å². The Morgan fingerprint density at radius 3 is 2.83 bits per heavy atom. The van der Waals surface area contributed by atoms with Crippen molar-refractivity contribution in [1.82, 2.24) is 9.88 Å². The molecule has 1 N–H and O–H groups in total. The first-order chi connectivity index (χ1) is 8.78. The Bertz CT molecular complexity index is 376. The first-order valence-electron chi connectivity index (χ1n) is 6.92. The van der Waals surface area contributed by atoms with E-state index in [0.29, 0.717) is 6.04 Å². The highest BCUT2D eigenvalue weighted by Gasteiger charge is 2.26. The first kappa shape index (κ1) is 13.1. The summed E-state index contributed by atoms with van der Waals surface area (Å²) in [6, 6.07) is 6.85. The molecule has 0 aromatic carbocycles. The summed E-state index contributed by atoms with van der Waals surface area (Å²) in [5.41, 5.74) is 0. The Balaban J connectivity index is 2.03. The van der Waals surface area contributed by atoms with Gasteiger partial charge in [0.1, 0.15) is 11.6 Å². The molecule has 1 unspecified atom stereocenters. The van der Waals surface area contributed by atoms with Crippen LogP contribution in [0.1, 0.15) is 20.3 Å². The fourth-order valence-corrected chi connectivity index (χ4v) is 2.73. The van der Waals surface area contributed by atoms with E-state index in [0.717, 1.165) is 37.8 Å². The maximum absolute atomic E-state index is 4.61. The smallest absolute Gasteiger partial charge is 0.131 e. The van der Waals surface area contributed by atoms with Crippen LogP contribution in [0.25, 0.3) is 0 Å². The molecule has 100 valence electrons. The largest absolute Gasteiger partial charge is 0.373 e. The molecule has 4 heteroatoms. The van der Waals surface area contributed by atoms with Crippen molar-refractivity contribution in [2.24, 2.45) is 0 Å². The maximum Gasteiger partial charge on any atom is 0.131 e. The van der Waals surface area contributed by atoms with Crippen LogP contribution in [0.3, 0.4) is 0 Å². The number of likely N-dealkylation sites (N-methyl/N-ethyl adjacent to an activating group) is 1. The van der Waals surface area contributed by atoms with Gasteiger partial charge in [0.15, 0.2) is 0 Å². The molecule has 2 heterocycles. The van der Waals surface area contributed by atoms with Crippen LogP contribution in [0.5, 0.6) is 0 Å². The summed E-state index contributed by atoms with van der Waals surface area (Å²) in [5.74, 6) is 2.04. The highest BCUT2D eigenvalue weighted by molar-refractivity contribution is 5.47. The zero-order chi connectivity index (χ0) is 13.0. The fraction of sp³-hybridized carbons (Fsp3) is 0.643. The molecule has 4 nitrogen and oxygen atoms in total. The van der Waals surface area contributed by atoms with Crippen molar-refractivity contribution < 1.29 is 0 Å². The second kappa shape index (κ2) is 6.05. The van der Waals surface area contributed by atoms with E-state index in [1.54, 1.807) is 0 Å². The maximum atomic E-state index is 4.61. The highest BCUT2D eigenvalue weighted by Crippen LogP contribution is 2.22. The van der Waals surface area contributed by atoms with Gasteiger partial charge >= 0.3 is 0 Å². The van der Waals surface area contributed by atoms with Crippen LogP contribution < -0.4 is 10.2 Å². The Morgan fingerprint density at radius 1 is 1.39 bits per heavy atom. The molecule has 18 heavy (non-hydrogen) atoms. The molecule has 0 bridgehead atoms. The predicted octanol–water partition coefficient (Wildman–Crippen LogP) is 2.04. The topological polar surface area (TPSA) is 31.4 Å². The third-order valence-corrected chi connectivity index (χ3v) is 3.81. The van der Waals surface area contributed by atoms with E-state index in [9.17, 15) is 0 Å². The zero-order valence-electron chi connectivity index (χ0n) is 11.7. The van der Waals surface area contributed by atoms with Crippen LogP contribution in [0.15, 0.2) is 18.2 Å². The van der Waals surface area contributed by atoms with Gasteiger partial charge in [0.2, 0.25) is 0 Å². The van der Waals surface area contributed by atoms with Gasteiger partial charge < -0.3 is 10.2 Å². The van der Waals surface area contributed by atoms with Crippen LogP contribution in [-0.4, -0.2) is 49.2 Å². The van der Waals surface area contributed by atoms with Crippen molar-refractivity contribution in [3.8, 4) is 0 Å². The number of aromatic nitrogens is 1. The molecule has 1 atom stereocenters. The van der Waals surface area contributed by atoms with Crippen molar-refractivity contribution in [3.05, 3.63) is 18.2 Å². The monoisotopic (exact) mass is 248 g/mol. The van der Waals surface area contributed by atoms with Crippen LogP contribution in [0.2, 0.25) is 0 Å². The quantitative estimate of drug-likeness (QED) is 0.864. The van der Waals surface area contributed by atoms with Gasteiger partial charge in [-0.3, -0.25) is 4.90 Å². The minimum absolute atomic E-state index is 0.681. The number of pyridine rings is 1.